The van der Waals surface area contributed by atoms with E-state index in [9.17, 15) is 20.2 Å². The maximum Gasteiger partial charge on any atom is 0.289 e. The zero-order valence-electron chi connectivity index (χ0n) is 23.0. The van der Waals surface area contributed by atoms with Crippen LogP contribution in [0.25, 0.3) is 0 Å². The Labute approximate surface area is 248 Å². The molecule has 0 radical (unpaired) electrons. The number of nitrogens with two attached hydrogens (primary N) is 1. The van der Waals surface area contributed by atoms with E-state index in [0.29, 0.717) is 36.2 Å². The lowest BCUT2D eigenvalue weighted by Crippen LogP contribution is -2.39. The third-order valence-electron chi connectivity index (χ3n) is 7.72. The number of anilines is 1. The van der Waals surface area contributed by atoms with Crippen LogP contribution in [-0.2, 0) is 10.5 Å². The number of benzene rings is 3. The number of nitro groups is 1. The van der Waals surface area contributed by atoms with Crippen LogP contribution >= 0.6 is 23.4 Å². The Morgan fingerprint density at radius 2 is 1.83 bits per heavy atom. The van der Waals surface area contributed by atoms with Crippen LogP contribution in [-0.4, -0.2) is 10.7 Å². The number of nitrogens with zero attached hydrogens (tertiary/aromatic N) is 3. The van der Waals surface area contributed by atoms with Crippen LogP contribution < -0.4 is 10.6 Å². The number of carbonyl (C=O) groups is 1. The summed E-state index contributed by atoms with van der Waals surface area (Å²) in [5.74, 6) is 0.238. The summed E-state index contributed by atoms with van der Waals surface area (Å²) >= 11 is 7.82. The summed E-state index contributed by atoms with van der Waals surface area (Å²) in [6.07, 6.45) is 1.54. The number of thioether (sulfide) groups is 1. The molecule has 0 saturated carbocycles. The standard InChI is InChI=1S/C32H29ClN4O3S/c1-18-7-10-23(11-8-18)41-17-21-13-19(2)14-24(20(21)3)30-25(16-34)32(35)36(27-5-4-6-29(38)31(27)30)22-9-12-26(33)28(15-22)37(39)40/h7-15,30H,4-6,17,35H2,1-3H3. The number of aryl methyl sites for hydroxylation is 2. The minimum atomic E-state index is -0.621. The molecule has 9 heteroatoms. The number of nitro benzene ring substituents is 1. The fourth-order valence-corrected chi connectivity index (χ4v) is 6.82. The lowest BCUT2D eigenvalue weighted by Gasteiger charge is -2.40. The molecule has 3 aromatic rings. The highest BCUT2D eigenvalue weighted by molar-refractivity contribution is 7.98. The molecule has 0 saturated heterocycles. The van der Waals surface area contributed by atoms with Gasteiger partial charge in [0.15, 0.2) is 5.78 Å². The molecule has 3 aromatic carbocycles. The third kappa shape index (κ3) is 5.35. The molecule has 208 valence electrons. The van der Waals surface area contributed by atoms with Gasteiger partial charge in [-0.05, 0) is 74.6 Å². The van der Waals surface area contributed by atoms with Gasteiger partial charge in [-0.15, -0.1) is 11.8 Å². The first-order valence-electron chi connectivity index (χ1n) is 13.3. The van der Waals surface area contributed by atoms with E-state index in [1.165, 1.54) is 17.7 Å². The average Bonchev–Trinajstić information content (AvgIpc) is 2.94. The number of halogens is 1. The second-order valence-electron chi connectivity index (χ2n) is 10.4. The molecule has 0 bridgehead atoms. The smallest absolute Gasteiger partial charge is 0.289 e. The van der Waals surface area contributed by atoms with Crippen LogP contribution in [0, 0.1) is 42.2 Å². The van der Waals surface area contributed by atoms with Gasteiger partial charge in [0.05, 0.1) is 28.2 Å². The topological polar surface area (TPSA) is 113 Å². The fraction of sp³-hybridized carbons (Fsp3) is 0.250. The molecule has 0 aromatic heterocycles. The quantitative estimate of drug-likeness (QED) is 0.179. The molecular weight excluding hydrogens is 556 g/mol. The van der Waals surface area contributed by atoms with Crippen LogP contribution in [0.1, 0.15) is 53.0 Å². The van der Waals surface area contributed by atoms with Crippen LogP contribution in [0.2, 0.25) is 5.02 Å². The van der Waals surface area contributed by atoms with Crippen molar-refractivity contribution in [2.24, 2.45) is 5.73 Å². The Hall–Kier alpha value is -4.06. The Balaban J connectivity index is 1.64. The molecule has 1 atom stereocenters. The zero-order valence-corrected chi connectivity index (χ0v) is 24.6. The van der Waals surface area contributed by atoms with Gasteiger partial charge < -0.3 is 5.73 Å². The normalized spacial score (nSPS) is 17.0. The SMILES string of the molecule is Cc1ccc(SCc2cc(C)cc(C3C(C#N)=C(N)N(c4ccc(Cl)c([N+](=O)[O-])c4)C4=C3C(=O)CCC4)c2C)cc1. The summed E-state index contributed by atoms with van der Waals surface area (Å²) in [4.78, 5) is 27.5. The van der Waals surface area contributed by atoms with Gasteiger partial charge in [-0.1, -0.05) is 47.0 Å². The van der Waals surface area contributed by atoms with Crippen molar-refractivity contribution in [3.05, 3.63) is 120 Å². The summed E-state index contributed by atoms with van der Waals surface area (Å²) in [5.41, 5.74) is 13.6. The molecule has 0 spiro atoms. The van der Waals surface area contributed by atoms with Crippen molar-refractivity contribution in [1.29, 1.82) is 5.26 Å². The zero-order chi connectivity index (χ0) is 29.4. The summed E-state index contributed by atoms with van der Waals surface area (Å²) in [5, 5.41) is 22.1. The molecule has 41 heavy (non-hydrogen) atoms. The van der Waals surface area contributed by atoms with Gasteiger partial charge in [0, 0.05) is 34.4 Å². The monoisotopic (exact) mass is 584 g/mol. The number of hydrogen-bond acceptors (Lipinski definition) is 7. The summed E-state index contributed by atoms with van der Waals surface area (Å²) < 4.78 is 0. The van der Waals surface area contributed by atoms with Gasteiger partial charge in [0.2, 0.25) is 0 Å². The van der Waals surface area contributed by atoms with Crippen molar-refractivity contribution in [2.75, 3.05) is 4.90 Å². The molecule has 2 N–H and O–H groups in total. The second kappa shape index (κ2) is 11.4. The molecule has 1 unspecified atom stereocenters. The van der Waals surface area contributed by atoms with E-state index < -0.39 is 10.8 Å². The van der Waals surface area contributed by atoms with E-state index in [0.717, 1.165) is 32.9 Å². The van der Waals surface area contributed by atoms with Crippen LogP contribution in [0.4, 0.5) is 11.4 Å². The number of ketones is 1. The van der Waals surface area contributed by atoms with Crippen LogP contribution in [0.5, 0.6) is 0 Å². The predicted molar refractivity (Wildman–Crippen MR) is 163 cm³/mol. The maximum absolute atomic E-state index is 13.6. The highest BCUT2D eigenvalue weighted by Crippen LogP contribution is 2.48. The number of Topliss-reactive ketones (excluding diaryl/α,β-unsaturated/α-hetero) is 1. The molecule has 1 heterocycles. The van der Waals surface area contributed by atoms with Gasteiger partial charge in [-0.3, -0.25) is 19.8 Å². The first kappa shape index (κ1) is 28.5. The number of nitriles is 1. The van der Waals surface area contributed by atoms with Crippen molar-refractivity contribution in [2.45, 2.75) is 56.6 Å². The first-order chi connectivity index (χ1) is 19.6. The Morgan fingerprint density at radius 3 is 2.51 bits per heavy atom. The largest absolute Gasteiger partial charge is 0.384 e. The Kier molecular flexibility index (Phi) is 7.94. The van der Waals surface area contributed by atoms with Crippen molar-refractivity contribution in [3.8, 4) is 6.07 Å². The fourth-order valence-electron chi connectivity index (χ4n) is 5.68. The van der Waals surface area contributed by atoms with E-state index in [1.807, 2.05) is 19.9 Å². The van der Waals surface area contributed by atoms with Gasteiger partial charge in [0.25, 0.3) is 5.69 Å². The minimum Gasteiger partial charge on any atom is -0.384 e. The van der Waals surface area contributed by atoms with Crippen molar-refractivity contribution < 1.29 is 9.72 Å². The van der Waals surface area contributed by atoms with E-state index in [1.54, 1.807) is 22.7 Å². The van der Waals surface area contributed by atoms with Crippen LogP contribution in [0.15, 0.2) is 82.2 Å². The van der Waals surface area contributed by atoms with Gasteiger partial charge in [-0.25, -0.2) is 0 Å². The lowest BCUT2D eigenvalue weighted by atomic mass is 9.73. The number of carbonyl (C=O) groups excluding carboxylic acids is 1. The Morgan fingerprint density at radius 1 is 1.10 bits per heavy atom. The highest BCUT2D eigenvalue weighted by Gasteiger charge is 2.41. The molecular formula is C32H29ClN4O3S. The molecule has 1 aliphatic heterocycles. The molecule has 5 rings (SSSR count). The number of hydrogen-bond donors (Lipinski definition) is 1. The van der Waals surface area contributed by atoms with E-state index in [4.69, 9.17) is 17.3 Å². The number of allylic oxidation sites excluding steroid dienone is 3. The maximum atomic E-state index is 13.6. The van der Waals surface area contributed by atoms with E-state index in [2.05, 4.69) is 43.3 Å². The van der Waals surface area contributed by atoms with Gasteiger partial charge in [-0.2, -0.15) is 5.26 Å². The van der Waals surface area contributed by atoms with Crippen molar-refractivity contribution in [3.63, 3.8) is 0 Å². The Bertz CT molecular complexity index is 1690. The summed E-state index contributed by atoms with van der Waals surface area (Å²) in [7, 11) is 0. The molecule has 1 aliphatic carbocycles. The van der Waals surface area contributed by atoms with Crippen molar-refractivity contribution in [1.82, 2.24) is 0 Å². The number of rotatable bonds is 6. The molecule has 7 nitrogen and oxygen atoms in total. The van der Waals surface area contributed by atoms with Crippen LogP contribution in [0.3, 0.4) is 0 Å². The first-order valence-corrected chi connectivity index (χ1v) is 14.7. The highest BCUT2D eigenvalue weighted by atomic mass is 35.5. The van der Waals surface area contributed by atoms with E-state index >= 15 is 0 Å². The minimum absolute atomic E-state index is 0.00274. The summed E-state index contributed by atoms with van der Waals surface area (Å²) in [6.45, 7) is 6.11. The summed E-state index contributed by atoms with van der Waals surface area (Å²) in [6, 6.07) is 19.3. The molecule has 2 aliphatic rings. The van der Waals surface area contributed by atoms with E-state index in [-0.39, 0.29) is 27.9 Å². The lowest BCUT2D eigenvalue weighted by molar-refractivity contribution is -0.384. The third-order valence-corrected chi connectivity index (χ3v) is 9.10. The molecule has 0 amide bonds. The van der Waals surface area contributed by atoms with Gasteiger partial charge >= 0.3 is 0 Å². The predicted octanol–water partition coefficient (Wildman–Crippen LogP) is 7.77. The van der Waals surface area contributed by atoms with Gasteiger partial charge in [0.1, 0.15) is 10.8 Å². The second-order valence-corrected chi connectivity index (χ2v) is 11.9. The molecule has 0 fully saturated rings. The average molecular weight is 585 g/mol. The van der Waals surface area contributed by atoms with Crippen molar-refractivity contribution >= 4 is 40.5 Å².